The van der Waals surface area contributed by atoms with Crippen molar-refractivity contribution in [3.05, 3.63) is 17.1 Å². The summed E-state index contributed by atoms with van der Waals surface area (Å²) < 4.78 is 0. The first kappa shape index (κ1) is 17.0. The second-order valence-electron chi connectivity index (χ2n) is 8.00. The third kappa shape index (κ3) is 3.57. The summed E-state index contributed by atoms with van der Waals surface area (Å²) in [5.74, 6) is 3.22. The molecule has 3 heterocycles. The lowest BCUT2D eigenvalue weighted by atomic mass is 9.88. The standard InChI is InChI=1S/C20H30N4O/c1-14-17-7-8-18(25)24(13-15-5-3-2-4-6-15)20(17)23-19(22-14)16-9-11-21-12-10-16/h15-16,21H,2-13H2,1H3. The highest BCUT2D eigenvalue weighted by molar-refractivity contribution is 5.95. The molecule has 1 saturated carbocycles. The molecule has 1 aromatic heterocycles. The molecule has 1 N–H and O–H groups in total. The zero-order valence-corrected chi connectivity index (χ0v) is 15.4. The number of carbonyl (C=O) groups is 1. The second kappa shape index (κ2) is 7.40. The first-order chi connectivity index (χ1) is 12.2. The third-order valence-electron chi connectivity index (χ3n) is 6.22. The lowest BCUT2D eigenvalue weighted by molar-refractivity contribution is -0.119. The van der Waals surface area contributed by atoms with Crippen LogP contribution in [0.1, 0.15) is 74.4 Å². The summed E-state index contributed by atoms with van der Waals surface area (Å²) >= 11 is 0. The number of amides is 1. The van der Waals surface area contributed by atoms with E-state index in [4.69, 9.17) is 9.97 Å². The molecular weight excluding hydrogens is 312 g/mol. The van der Waals surface area contributed by atoms with Gasteiger partial charge in [0.1, 0.15) is 11.6 Å². The number of hydrogen-bond acceptors (Lipinski definition) is 4. The van der Waals surface area contributed by atoms with Crippen LogP contribution in [-0.2, 0) is 11.2 Å². The Hall–Kier alpha value is -1.49. The van der Waals surface area contributed by atoms with Crippen LogP contribution in [0.5, 0.6) is 0 Å². The van der Waals surface area contributed by atoms with Crippen LogP contribution in [0.3, 0.4) is 0 Å². The minimum atomic E-state index is 0.257. The molecule has 0 aromatic carbocycles. The number of carbonyl (C=O) groups excluding carboxylic acids is 1. The van der Waals surface area contributed by atoms with Crippen LogP contribution in [0.15, 0.2) is 0 Å². The van der Waals surface area contributed by atoms with E-state index in [9.17, 15) is 4.79 Å². The Balaban J connectivity index is 1.63. The lowest BCUT2D eigenvalue weighted by Crippen LogP contribution is -2.40. The Morgan fingerprint density at radius 2 is 1.80 bits per heavy atom. The summed E-state index contributed by atoms with van der Waals surface area (Å²) in [7, 11) is 0. The van der Waals surface area contributed by atoms with Crippen LogP contribution in [-0.4, -0.2) is 35.5 Å². The average Bonchev–Trinajstić information content (AvgIpc) is 2.65. The normalized spacial score (nSPS) is 22.9. The van der Waals surface area contributed by atoms with Gasteiger partial charge in [0, 0.05) is 30.1 Å². The highest BCUT2D eigenvalue weighted by Gasteiger charge is 2.31. The summed E-state index contributed by atoms with van der Waals surface area (Å²) in [4.78, 5) is 24.5. The molecule has 3 aliphatic rings. The quantitative estimate of drug-likeness (QED) is 0.917. The van der Waals surface area contributed by atoms with Gasteiger partial charge >= 0.3 is 0 Å². The number of nitrogens with one attached hydrogen (secondary N) is 1. The van der Waals surface area contributed by atoms with Gasteiger partial charge in [-0.25, -0.2) is 9.97 Å². The molecule has 136 valence electrons. The molecule has 1 amide bonds. The Morgan fingerprint density at radius 3 is 2.56 bits per heavy atom. The van der Waals surface area contributed by atoms with Crippen LogP contribution < -0.4 is 10.2 Å². The monoisotopic (exact) mass is 342 g/mol. The molecule has 2 fully saturated rings. The Kier molecular flexibility index (Phi) is 5.02. The summed E-state index contributed by atoms with van der Waals surface area (Å²) in [5, 5.41) is 3.41. The van der Waals surface area contributed by atoms with Crippen LogP contribution in [0, 0.1) is 12.8 Å². The number of fused-ring (bicyclic) bond motifs is 1. The van der Waals surface area contributed by atoms with Gasteiger partial charge in [0.15, 0.2) is 0 Å². The number of rotatable bonds is 3. The van der Waals surface area contributed by atoms with Crippen molar-refractivity contribution in [3.63, 3.8) is 0 Å². The van der Waals surface area contributed by atoms with Crippen LogP contribution in [0.25, 0.3) is 0 Å². The molecule has 0 atom stereocenters. The molecule has 2 aliphatic heterocycles. The number of hydrogen-bond donors (Lipinski definition) is 1. The zero-order valence-electron chi connectivity index (χ0n) is 15.4. The molecule has 25 heavy (non-hydrogen) atoms. The van der Waals surface area contributed by atoms with Crippen LogP contribution in [0.2, 0.25) is 0 Å². The summed E-state index contributed by atoms with van der Waals surface area (Å²) in [6.45, 7) is 5.03. The maximum atomic E-state index is 12.7. The van der Waals surface area contributed by atoms with Crippen LogP contribution >= 0.6 is 0 Å². The fourth-order valence-electron chi connectivity index (χ4n) is 4.68. The van der Waals surface area contributed by atoms with Gasteiger partial charge < -0.3 is 5.32 Å². The van der Waals surface area contributed by atoms with E-state index in [1.807, 2.05) is 4.90 Å². The van der Waals surface area contributed by atoms with E-state index in [0.717, 1.165) is 56.2 Å². The van der Waals surface area contributed by atoms with Crippen molar-refractivity contribution in [1.82, 2.24) is 15.3 Å². The first-order valence-corrected chi connectivity index (χ1v) is 10.1. The first-order valence-electron chi connectivity index (χ1n) is 10.1. The van der Waals surface area contributed by atoms with E-state index in [-0.39, 0.29) is 5.91 Å². The lowest BCUT2D eigenvalue weighted by Gasteiger charge is -2.34. The number of nitrogens with zero attached hydrogens (tertiary/aromatic N) is 3. The fourth-order valence-corrected chi connectivity index (χ4v) is 4.68. The van der Waals surface area contributed by atoms with E-state index in [1.54, 1.807) is 0 Å². The summed E-state index contributed by atoms with van der Waals surface area (Å²) in [6, 6.07) is 0. The van der Waals surface area contributed by atoms with E-state index < -0.39 is 0 Å². The Labute approximate surface area is 150 Å². The van der Waals surface area contributed by atoms with E-state index >= 15 is 0 Å². The Bertz CT molecular complexity index is 633. The topological polar surface area (TPSA) is 58.1 Å². The van der Waals surface area contributed by atoms with Gasteiger partial charge in [0.2, 0.25) is 5.91 Å². The van der Waals surface area contributed by atoms with Crippen molar-refractivity contribution in [2.24, 2.45) is 5.92 Å². The highest BCUT2D eigenvalue weighted by atomic mass is 16.2. The van der Waals surface area contributed by atoms with Crippen molar-refractivity contribution < 1.29 is 4.79 Å². The SMILES string of the molecule is Cc1nc(C2CCNCC2)nc2c1CCC(=O)N2CC1CCCCC1. The van der Waals surface area contributed by atoms with Crippen molar-refractivity contribution in [2.75, 3.05) is 24.5 Å². The minimum Gasteiger partial charge on any atom is -0.317 e. The zero-order chi connectivity index (χ0) is 17.2. The predicted octanol–water partition coefficient (Wildman–Crippen LogP) is 3.11. The molecule has 0 unspecified atom stereocenters. The molecule has 1 saturated heterocycles. The number of anilines is 1. The average molecular weight is 342 g/mol. The Morgan fingerprint density at radius 1 is 1.04 bits per heavy atom. The molecule has 5 heteroatoms. The van der Waals surface area contributed by atoms with Crippen molar-refractivity contribution >= 4 is 11.7 Å². The molecule has 1 aromatic rings. The van der Waals surface area contributed by atoms with Gasteiger partial charge in [-0.2, -0.15) is 0 Å². The fraction of sp³-hybridized carbons (Fsp3) is 0.750. The highest BCUT2D eigenvalue weighted by Crippen LogP contribution is 2.33. The van der Waals surface area contributed by atoms with E-state index in [2.05, 4.69) is 12.2 Å². The van der Waals surface area contributed by atoms with Gasteiger partial charge in [-0.15, -0.1) is 0 Å². The molecule has 0 radical (unpaired) electrons. The molecule has 0 bridgehead atoms. The van der Waals surface area contributed by atoms with Gasteiger partial charge in [0.05, 0.1) is 0 Å². The maximum absolute atomic E-state index is 12.7. The van der Waals surface area contributed by atoms with Gasteiger partial charge in [0.25, 0.3) is 0 Å². The number of piperidine rings is 1. The molecular formula is C20H30N4O. The number of aryl methyl sites for hydroxylation is 1. The third-order valence-corrected chi connectivity index (χ3v) is 6.22. The molecule has 1 aliphatic carbocycles. The maximum Gasteiger partial charge on any atom is 0.228 e. The van der Waals surface area contributed by atoms with Crippen molar-refractivity contribution in [2.45, 2.75) is 70.6 Å². The molecule has 0 spiro atoms. The van der Waals surface area contributed by atoms with E-state index in [0.29, 0.717) is 18.3 Å². The molecule has 4 rings (SSSR count). The smallest absolute Gasteiger partial charge is 0.228 e. The van der Waals surface area contributed by atoms with Gasteiger partial charge in [-0.1, -0.05) is 19.3 Å². The van der Waals surface area contributed by atoms with Crippen molar-refractivity contribution in [1.29, 1.82) is 0 Å². The summed E-state index contributed by atoms with van der Waals surface area (Å²) in [5.41, 5.74) is 2.28. The largest absolute Gasteiger partial charge is 0.317 e. The van der Waals surface area contributed by atoms with Crippen molar-refractivity contribution in [3.8, 4) is 0 Å². The number of aromatic nitrogens is 2. The van der Waals surface area contributed by atoms with Gasteiger partial charge in [-0.05, 0) is 58.0 Å². The second-order valence-corrected chi connectivity index (χ2v) is 8.00. The summed E-state index contributed by atoms with van der Waals surface area (Å²) in [6.07, 6.45) is 10.1. The van der Waals surface area contributed by atoms with Gasteiger partial charge in [-0.3, -0.25) is 9.69 Å². The molecule has 5 nitrogen and oxygen atoms in total. The predicted molar refractivity (Wildman–Crippen MR) is 98.9 cm³/mol. The van der Waals surface area contributed by atoms with E-state index in [1.165, 1.54) is 37.7 Å². The van der Waals surface area contributed by atoms with Crippen LogP contribution in [0.4, 0.5) is 5.82 Å². The minimum absolute atomic E-state index is 0.257.